The number of hydroxylamine groups is 1. The highest BCUT2D eigenvalue weighted by Crippen LogP contribution is 2.35. The third-order valence-corrected chi connectivity index (χ3v) is 6.11. The average molecular weight is 501 g/mol. The molecule has 2 N–H and O–H groups in total. The number of rotatable bonds is 10. The molecule has 0 aliphatic rings. The van der Waals surface area contributed by atoms with Crippen molar-refractivity contribution in [1.29, 1.82) is 0 Å². The predicted molar refractivity (Wildman–Crippen MR) is 130 cm³/mol. The molecule has 0 aliphatic carbocycles. The van der Waals surface area contributed by atoms with E-state index in [1.165, 1.54) is 11.6 Å². The summed E-state index contributed by atoms with van der Waals surface area (Å²) in [5.74, 6) is 1.61. The number of hydrogen-bond donors (Lipinski definition) is 2. The third kappa shape index (κ3) is 6.22. The highest BCUT2D eigenvalue weighted by atomic mass is 79.9. The molecule has 1 amide bonds. The lowest BCUT2D eigenvalue weighted by Crippen LogP contribution is -2.20. The predicted octanol–water partition coefficient (Wildman–Crippen LogP) is 5.74. The van der Waals surface area contributed by atoms with E-state index in [4.69, 9.17) is 14.4 Å². The van der Waals surface area contributed by atoms with E-state index >= 15 is 0 Å². The van der Waals surface area contributed by atoms with Crippen LogP contribution in [0.25, 0.3) is 17.0 Å². The number of furan rings is 1. The van der Waals surface area contributed by atoms with Crippen molar-refractivity contribution < 1.29 is 19.2 Å². The van der Waals surface area contributed by atoms with Gasteiger partial charge in [0, 0.05) is 23.9 Å². The van der Waals surface area contributed by atoms with Crippen molar-refractivity contribution in [3.05, 3.63) is 69.9 Å². The molecule has 0 aliphatic heterocycles. The smallest absolute Gasteiger partial charge is 0.267 e. The Morgan fingerprint density at radius 3 is 2.69 bits per heavy atom. The van der Waals surface area contributed by atoms with E-state index in [0.29, 0.717) is 5.92 Å². The Morgan fingerprint density at radius 2 is 2.03 bits per heavy atom. The Morgan fingerprint density at radius 1 is 1.28 bits per heavy atom. The molecule has 0 saturated carbocycles. The second-order valence-electron chi connectivity index (χ2n) is 7.86. The van der Waals surface area contributed by atoms with E-state index in [0.717, 1.165) is 58.4 Å². The van der Waals surface area contributed by atoms with Crippen LogP contribution in [0.4, 0.5) is 0 Å². The molecule has 1 unspecified atom stereocenters. The maximum absolute atomic E-state index is 11.1. The molecule has 0 fully saturated rings. The fraction of sp³-hybridized carbons (Fsp3) is 0.320. The summed E-state index contributed by atoms with van der Waals surface area (Å²) in [6.07, 6.45) is 4.95. The van der Waals surface area contributed by atoms with E-state index in [9.17, 15) is 4.79 Å². The number of benzene rings is 2. The maximum Gasteiger partial charge on any atom is 0.267 e. The lowest BCUT2D eigenvalue weighted by molar-refractivity contribution is -0.124. The van der Waals surface area contributed by atoms with Gasteiger partial charge < -0.3 is 14.1 Å². The molecule has 1 aromatic heterocycles. The van der Waals surface area contributed by atoms with Crippen molar-refractivity contribution in [2.45, 2.75) is 32.2 Å². The van der Waals surface area contributed by atoms with Gasteiger partial charge in [-0.3, -0.25) is 10.0 Å². The van der Waals surface area contributed by atoms with Crippen molar-refractivity contribution in [2.75, 3.05) is 20.7 Å². The zero-order chi connectivity index (χ0) is 23.1. The zero-order valence-electron chi connectivity index (χ0n) is 18.6. The van der Waals surface area contributed by atoms with Crippen LogP contribution in [0.15, 0.2) is 57.4 Å². The number of hydrogen-bond acceptors (Lipinski definition) is 5. The van der Waals surface area contributed by atoms with Gasteiger partial charge in [-0.15, -0.1) is 0 Å². The standard InChI is InChI=1S/C25H29BrN2O4/c1-4-19(23-14-20-13-21(31-3)15-22(26)25(20)32-23)11-12-28(2)16-18-7-5-17(6-8-18)9-10-24(29)27-30/h5-10,13-15,19,30H,4,11-12,16H2,1-3H3,(H,27,29)/b10-9+. The van der Waals surface area contributed by atoms with E-state index in [2.05, 4.69) is 53.0 Å². The fourth-order valence-corrected chi connectivity index (χ4v) is 4.22. The number of carbonyl (C=O) groups excluding carboxylic acids is 1. The van der Waals surface area contributed by atoms with Crippen molar-refractivity contribution >= 4 is 38.9 Å². The number of ether oxygens (including phenoxy) is 1. The second kappa shape index (κ2) is 11.3. The van der Waals surface area contributed by atoms with Gasteiger partial charge in [0.05, 0.1) is 11.6 Å². The van der Waals surface area contributed by atoms with Crippen molar-refractivity contribution in [1.82, 2.24) is 10.4 Å². The molecule has 1 atom stereocenters. The van der Waals surface area contributed by atoms with E-state index in [1.807, 2.05) is 24.3 Å². The van der Waals surface area contributed by atoms with Crippen molar-refractivity contribution in [3.8, 4) is 5.75 Å². The minimum Gasteiger partial charge on any atom is -0.497 e. The summed E-state index contributed by atoms with van der Waals surface area (Å²) in [7, 11) is 3.78. The maximum atomic E-state index is 11.1. The first-order valence-corrected chi connectivity index (χ1v) is 11.4. The third-order valence-electron chi connectivity index (χ3n) is 5.52. The normalized spacial score (nSPS) is 12.6. The summed E-state index contributed by atoms with van der Waals surface area (Å²) in [6.45, 7) is 3.97. The van der Waals surface area contributed by atoms with E-state index < -0.39 is 5.91 Å². The molecule has 0 saturated heterocycles. The largest absolute Gasteiger partial charge is 0.497 e. The molecule has 0 bridgehead atoms. The number of nitrogens with zero attached hydrogens (tertiary/aromatic N) is 1. The van der Waals surface area contributed by atoms with Crippen LogP contribution in [0.1, 0.15) is 42.6 Å². The van der Waals surface area contributed by atoms with Gasteiger partial charge in [-0.1, -0.05) is 31.2 Å². The van der Waals surface area contributed by atoms with Gasteiger partial charge in [0.2, 0.25) is 0 Å². The number of carbonyl (C=O) groups is 1. The van der Waals surface area contributed by atoms with Crippen LogP contribution in [-0.2, 0) is 11.3 Å². The topological polar surface area (TPSA) is 74.9 Å². The number of methoxy groups -OCH3 is 1. The SMILES string of the molecule is CCC(CCN(C)Cc1ccc(/C=C/C(=O)NO)cc1)c1cc2cc(OC)cc(Br)c2o1. The molecule has 3 rings (SSSR count). The molecule has 32 heavy (non-hydrogen) atoms. The van der Waals surface area contributed by atoms with Crippen LogP contribution >= 0.6 is 15.9 Å². The first kappa shape index (κ1) is 24.0. The Kier molecular flexibility index (Phi) is 8.50. The van der Waals surface area contributed by atoms with Gasteiger partial charge in [0.25, 0.3) is 5.91 Å². The summed E-state index contributed by atoms with van der Waals surface area (Å²) < 4.78 is 12.5. The molecule has 0 radical (unpaired) electrons. The highest BCUT2D eigenvalue weighted by Gasteiger charge is 2.17. The first-order chi connectivity index (χ1) is 15.4. The molecular formula is C25H29BrN2O4. The molecule has 170 valence electrons. The summed E-state index contributed by atoms with van der Waals surface area (Å²) >= 11 is 3.58. The van der Waals surface area contributed by atoms with Crippen molar-refractivity contribution in [3.63, 3.8) is 0 Å². The number of halogens is 1. The number of fused-ring (bicyclic) bond motifs is 1. The minimum atomic E-state index is -0.546. The number of nitrogens with one attached hydrogen (secondary N) is 1. The average Bonchev–Trinajstić information content (AvgIpc) is 3.23. The van der Waals surface area contributed by atoms with Gasteiger partial charge >= 0.3 is 0 Å². The van der Waals surface area contributed by atoms with E-state index in [1.54, 1.807) is 18.7 Å². The Labute approximate surface area is 196 Å². The molecule has 1 heterocycles. The highest BCUT2D eigenvalue weighted by molar-refractivity contribution is 9.10. The van der Waals surface area contributed by atoms with Gasteiger partial charge in [0.15, 0.2) is 0 Å². The van der Waals surface area contributed by atoms with Gasteiger partial charge in [0.1, 0.15) is 17.1 Å². The van der Waals surface area contributed by atoms with Crippen LogP contribution in [-0.4, -0.2) is 36.7 Å². The van der Waals surface area contributed by atoms with Crippen LogP contribution in [0.3, 0.4) is 0 Å². The van der Waals surface area contributed by atoms with Crippen LogP contribution in [0, 0.1) is 0 Å². The summed E-state index contributed by atoms with van der Waals surface area (Å²) in [5.41, 5.74) is 4.54. The van der Waals surface area contributed by atoms with Gasteiger partial charge in [-0.2, -0.15) is 0 Å². The monoisotopic (exact) mass is 500 g/mol. The van der Waals surface area contributed by atoms with Gasteiger partial charge in [-0.25, -0.2) is 5.48 Å². The Balaban J connectivity index is 1.59. The fourth-order valence-electron chi connectivity index (χ4n) is 3.68. The molecule has 6 nitrogen and oxygen atoms in total. The van der Waals surface area contributed by atoms with Crippen LogP contribution in [0.5, 0.6) is 5.75 Å². The first-order valence-electron chi connectivity index (χ1n) is 10.6. The summed E-state index contributed by atoms with van der Waals surface area (Å²) in [4.78, 5) is 13.4. The second-order valence-corrected chi connectivity index (χ2v) is 8.71. The molecule has 0 spiro atoms. The van der Waals surface area contributed by atoms with E-state index in [-0.39, 0.29) is 0 Å². The van der Waals surface area contributed by atoms with Crippen LogP contribution in [0.2, 0.25) is 0 Å². The molecule has 2 aromatic carbocycles. The molecular weight excluding hydrogens is 472 g/mol. The Hall–Kier alpha value is -2.61. The molecule has 7 heteroatoms. The Bertz CT molecular complexity index is 1080. The quantitative estimate of drug-likeness (QED) is 0.211. The van der Waals surface area contributed by atoms with Crippen molar-refractivity contribution in [2.24, 2.45) is 0 Å². The number of amides is 1. The minimum absolute atomic E-state index is 0.341. The van der Waals surface area contributed by atoms with Crippen LogP contribution < -0.4 is 10.2 Å². The lowest BCUT2D eigenvalue weighted by atomic mass is 9.98. The lowest BCUT2D eigenvalue weighted by Gasteiger charge is -2.20. The summed E-state index contributed by atoms with van der Waals surface area (Å²) in [6, 6.07) is 14.1. The molecule has 3 aromatic rings. The summed E-state index contributed by atoms with van der Waals surface area (Å²) in [5, 5.41) is 9.58. The van der Waals surface area contributed by atoms with Gasteiger partial charge in [-0.05, 0) is 77.8 Å². The zero-order valence-corrected chi connectivity index (χ0v) is 20.2.